The summed E-state index contributed by atoms with van der Waals surface area (Å²) in [6.45, 7) is 3.16. The van der Waals surface area contributed by atoms with Crippen molar-refractivity contribution < 1.29 is 9.53 Å². The number of rotatable bonds is 5. The van der Waals surface area contributed by atoms with Crippen LogP contribution in [0.3, 0.4) is 0 Å². The van der Waals surface area contributed by atoms with E-state index in [2.05, 4.69) is 0 Å². The lowest BCUT2D eigenvalue weighted by molar-refractivity contribution is -0.134. The molecule has 0 unspecified atom stereocenters. The van der Waals surface area contributed by atoms with E-state index in [1.54, 1.807) is 11.9 Å². The summed E-state index contributed by atoms with van der Waals surface area (Å²) in [5, 5.41) is 0. The lowest BCUT2D eigenvalue weighted by Crippen LogP contribution is -2.31. The van der Waals surface area contributed by atoms with E-state index >= 15 is 0 Å². The second-order valence-corrected chi connectivity index (χ2v) is 2.52. The predicted molar refractivity (Wildman–Crippen MR) is 44.9 cm³/mol. The summed E-state index contributed by atoms with van der Waals surface area (Å²) < 4.78 is 4.93. The third-order valence-corrected chi connectivity index (χ3v) is 1.44. The van der Waals surface area contributed by atoms with E-state index in [0.717, 1.165) is 0 Å². The fourth-order valence-corrected chi connectivity index (χ4v) is 0.805. The highest BCUT2D eigenvalue weighted by atomic mass is 35.5. The summed E-state index contributed by atoms with van der Waals surface area (Å²) in [5.74, 6) is 0.446. The number of alkyl halides is 1. The smallest absolute Gasteiger partial charge is 0.248 e. The van der Waals surface area contributed by atoms with E-state index in [9.17, 15) is 4.79 Å². The molecule has 0 N–H and O–H groups in total. The molecule has 3 nitrogen and oxygen atoms in total. The maximum Gasteiger partial charge on any atom is 0.248 e. The molecular weight excluding hydrogens is 166 g/mol. The van der Waals surface area contributed by atoms with E-state index in [4.69, 9.17) is 16.3 Å². The second kappa shape index (κ2) is 6.43. The number of ether oxygens (including phenoxy) is 1. The first-order valence-electron chi connectivity index (χ1n) is 3.60. The van der Waals surface area contributed by atoms with Gasteiger partial charge < -0.3 is 9.64 Å². The molecule has 66 valence electrons. The minimum Gasteiger partial charge on any atom is -0.372 e. The van der Waals surface area contributed by atoms with Gasteiger partial charge in [0.15, 0.2) is 0 Å². The Kier molecular flexibility index (Phi) is 6.27. The molecule has 4 heteroatoms. The van der Waals surface area contributed by atoms with E-state index < -0.39 is 0 Å². The molecule has 0 aromatic heterocycles. The van der Waals surface area contributed by atoms with Gasteiger partial charge >= 0.3 is 0 Å². The van der Waals surface area contributed by atoms with Crippen molar-refractivity contribution in [2.45, 2.75) is 6.92 Å². The molecule has 0 saturated carbocycles. The summed E-state index contributed by atoms with van der Waals surface area (Å²) in [5.41, 5.74) is 0. The third kappa shape index (κ3) is 5.04. The second-order valence-electron chi connectivity index (χ2n) is 2.14. The maximum atomic E-state index is 11.0. The fraction of sp³-hybridized carbons (Fsp3) is 0.857. The van der Waals surface area contributed by atoms with E-state index in [1.807, 2.05) is 6.92 Å². The zero-order valence-electron chi connectivity index (χ0n) is 6.97. The lowest BCUT2D eigenvalue weighted by atomic mass is 10.5. The van der Waals surface area contributed by atoms with Gasteiger partial charge in [-0.05, 0) is 6.92 Å². The van der Waals surface area contributed by atoms with Gasteiger partial charge in [0.1, 0.15) is 6.61 Å². The number of nitrogens with zero attached hydrogens (tertiary/aromatic N) is 1. The van der Waals surface area contributed by atoms with Crippen molar-refractivity contribution in [3.8, 4) is 0 Å². The average molecular weight is 180 g/mol. The van der Waals surface area contributed by atoms with Crippen LogP contribution < -0.4 is 0 Å². The number of amides is 1. The van der Waals surface area contributed by atoms with Crippen molar-refractivity contribution in [2.75, 3.05) is 32.7 Å². The van der Waals surface area contributed by atoms with Gasteiger partial charge in [-0.1, -0.05) is 0 Å². The van der Waals surface area contributed by atoms with Crippen molar-refractivity contribution in [3.63, 3.8) is 0 Å². The Morgan fingerprint density at radius 2 is 2.27 bits per heavy atom. The Balaban J connectivity index is 3.47. The van der Waals surface area contributed by atoms with Gasteiger partial charge in [-0.2, -0.15) is 0 Å². The van der Waals surface area contributed by atoms with Crippen LogP contribution in [-0.2, 0) is 9.53 Å². The minimum atomic E-state index is -0.0208. The van der Waals surface area contributed by atoms with Gasteiger partial charge in [-0.25, -0.2) is 0 Å². The van der Waals surface area contributed by atoms with Crippen molar-refractivity contribution in [1.82, 2.24) is 4.90 Å². The summed E-state index contributed by atoms with van der Waals surface area (Å²) in [4.78, 5) is 12.6. The molecule has 0 aromatic rings. The highest BCUT2D eigenvalue weighted by molar-refractivity contribution is 6.18. The van der Waals surface area contributed by atoms with Crippen LogP contribution in [0.15, 0.2) is 0 Å². The van der Waals surface area contributed by atoms with Crippen molar-refractivity contribution in [3.05, 3.63) is 0 Å². The molecule has 0 aromatic carbocycles. The SMILES string of the molecule is CCOCC(=O)N(C)CCCl. The Morgan fingerprint density at radius 3 is 2.73 bits per heavy atom. The van der Waals surface area contributed by atoms with Crippen LogP contribution >= 0.6 is 11.6 Å². The molecule has 1 amide bonds. The molecule has 0 atom stereocenters. The van der Waals surface area contributed by atoms with Gasteiger partial charge in [0.2, 0.25) is 5.91 Å². The van der Waals surface area contributed by atoms with Crippen LogP contribution in [0.4, 0.5) is 0 Å². The van der Waals surface area contributed by atoms with Crippen LogP contribution in [0.2, 0.25) is 0 Å². The van der Waals surface area contributed by atoms with Crippen molar-refractivity contribution in [2.24, 2.45) is 0 Å². The number of carbonyl (C=O) groups is 1. The molecule has 0 aliphatic rings. The number of carbonyl (C=O) groups excluding carboxylic acids is 1. The molecule has 0 saturated heterocycles. The molecule has 0 spiro atoms. The largest absolute Gasteiger partial charge is 0.372 e. The molecule has 0 rings (SSSR count). The first kappa shape index (κ1) is 10.7. The number of halogens is 1. The number of hydrogen-bond donors (Lipinski definition) is 0. The topological polar surface area (TPSA) is 29.5 Å². The van der Waals surface area contributed by atoms with E-state index in [0.29, 0.717) is 19.0 Å². The molecule has 11 heavy (non-hydrogen) atoms. The molecule has 0 aliphatic carbocycles. The van der Waals surface area contributed by atoms with Gasteiger partial charge in [0.25, 0.3) is 0 Å². The molecule has 0 aliphatic heterocycles. The van der Waals surface area contributed by atoms with Gasteiger partial charge in [0.05, 0.1) is 0 Å². The third-order valence-electron chi connectivity index (χ3n) is 1.28. The van der Waals surface area contributed by atoms with Crippen molar-refractivity contribution in [1.29, 1.82) is 0 Å². The summed E-state index contributed by atoms with van der Waals surface area (Å²) >= 11 is 5.44. The Morgan fingerprint density at radius 1 is 1.64 bits per heavy atom. The Labute approximate surface area is 72.3 Å². The Bertz CT molecular complexity index is 119. The number of likely N-dealkylation sites (N-methyl/N-ethyl adjacent to an activating group) is 1. The Hall–Kier alpha value is -0.280. The van der Waals surface area contributed by atoms with Gasteiger partial charge in [-0.3, -0.25) is 4.79 Å². The predicted octanol–water partition coefficient (Wildman–Crippen LogP) is 0.720. The normalized spacial score (nSPS) is 9.73. The zero-order valence-corrected chi connectivity index (χ0v) is 7.73. The van der Waals surface area contributed by atoms with Gasteiger partial charge in [-0.15, -0.1) is 11.6 Å². The van der Waals surface area contributed by atoms with Crippen molar-refractivity contribution >= 4 is 17.5 Å². The molecule has 0 fully saturated rings. The minimum absolute atomic E-state index is 0.0208. The van der Waals surface area contributed by atoms with Crippen LogP contribution in [0.5, 0.6) is 0 Å². The highest BCUT2D eigenvalue weighted by Crippen LogP contribution is 1.87. The van der Waals surface area contributed by atoms with Crippen LogP contribution in [0.1, 0.15) is 6.92 Å². The quantitative estimate of drug-likeness (QED) is 0.583. The monoisotopic (exact) mass is 179 g/mol. The fourth-order valence-electron chi connectivity index (χ4n) is 0.551. The lowest BCUT2D eigenvalue weighted by Gasteiger charge is -2.14. The maximum absolute atomic E-state index is 11.0. The first-order chi connectivity index (χ1) is 5.22. The van der Waals surface area contributed by atoms with Gasteiger partial charge in [0, 0.05) is 26.1 Å². The number of hydrogen-bond acceptors (Lipinski definition) is 2. The average Bonchev–Trinajstić information content (AvgIpc) is 2.00. The molecule has 0 heterocycles. The zero-order chi connectivity index (χ0) is 8.69. The van der Waals surface area contributed by atoms with Crippen LogP contribution in [0, 0.1) is 0 Å². The molecule has 0 radical (unpaired) electrons. The summed E-state index contributed by atoms with van der Waals surface area (Å²) in [7, 11) is 1.71. The summed E-state index contributed by atoms with van der Waals surface area (Å²) in [6.07, 6.45) is 0. The van der Waals surface area contributed by atoms with Crippen LogP contribution in [-0.4, -0.2) is 43.5 Å². The molecule has 0 bridgehead atoms. The van der Waals surface area contributed by atoms with E-state index in [-0.39, 0.29) is 12.5 Å². The first-order valence-corrected chi connectivity index (χ1v) is 4.13. The summed E-state index contributed by atoms with van der Waals surface area (Å²) in [6, 6.07) is 0. The van der Waals surface area contributed by atoms with Crippen LogP contribution in [0.25, 0.3) is 0 Å². The standard InChI is InChI=1S/C7H14ClNO2/c1-3-11-6-7(10)9(2)5-4-8/h3-6H2,1-2H3. The van der Waals surface area contributed by atoms with E-state index in [1.165, 1.54) is 0 Å². The highest BCUT2D eigenvalue weighted by Gasteiger charge is 2.06. The molecular formula is C7H14ClNO2.